The zero-order valence-corrected chi connectivity index (χ0v) is 16.1. The quantitative estimate of drug-likeness (QED) is 0.757. The van der Waals surface area contributed by atoms with Crippen molar-refractivity contribution in [3.05, 3.63) is 29.8 Å². The van der Waals surface area contributed by atoms with Crippen molar-refractivity contribution < 1.29 is 19.1 Å². The molecule has 0 saturated carbocycles. The van der Waals surface area contributed by atoms with E-state index in [9.17, 15) is 9.59 Å². The molecule has 0 bridgehead atoms. The standard InChI is InChI=1S/C20H28N2O4/c1-19(2,3)26-18(24)22-13-20(14-22)9-11-21(12-10-20)16-7-5-15(6-8-16)17(23)25-4/h5-8H,9-14H2,1-4H3. The summed E-state index contributed by atoms with van der Waals surface area (Å²) in [6.07, 6.45) is 1.92. The van der Waals surface area contributed by atoms with Crippen molar-refractivity contribution in [1.29, 1.82) is 0 Å². The van der Waals surface area contributed by atoms with Crippen LogP contribution in [0.4, 0.5) is 10.5 Å². The second-order valence-corrected chi connectivity index (χ2v) is 8.36. The number of nitrogens with zero attached hydrogens (tertiary/aromatic N) is 2. The van der Waals surface area contributed by atoms with Gasteiger partial charge < -0.3 is 19.3 Å². The molecule has 0 N–H and O–H groups in total. The number of esters is 1. The van der Waals surface area contributed by atoms with Gasteiger partial charge in [-0.1, -0.05) is 0 Å². The fourth-order valence-corrected chi connectivity index (χ4v) is 3.70. The molecule has 2 aliphatic heterocycles. The smallest absolute Gasteiger partial charge is 0.410 e. The van der Waals surface area contributed by atoms with Crippen molar-refractivity contribution in [2.24, 2.45) is 5.41 Å². The molecule has 2 fully saturated rings. The number of methoxy groups -OCH3 is 1. The lowest BCUT2D eigenvalue weighted by Crippen LogP contribution is -2.62. The van der Waals surface area contributed by atoms with Crippen LogP contribution in [0.1, 0.15) is 44.0 Å². The third-order valence-corrected chi connectivity index (χ3v) is 5.18. The molecule has 1 amide bonds. The number of likely N-dealkylation sites (tertiary alicyclic amines) is 1. The number of benzene rings is 1. The van der Waals surface area contributed by atoms with Gasteiger partial charge in [0.2, 0.25) is 0 Å². The van der Waals surface area contributed by atoms with E-state index in [2.05, 4.69) is 4.90 Å². The highest BCUT2D eigenvalue weighted by molar-refractivity contribution is 5.89. The van der Waals surface area contributed by atoms with Gasteiger partial charge in [0.1, 0.15) is 5.60 Å². The molecular formula is C20H28N2O4. The van der Waals surface area contributed by atoms with E-state index in [1.165, 1.54) is 7.11 Å². The number of carbonyl (C=O) groups is 2. The lowest BCUT2D eigenvalue weighted by atomic mass is 9.72. The highest BCUT2D eigenvalue weighted by Gasteiger charge is 2.47. The zero-order chi connectivity index (χ0) is 18.9. The summed E-state index contributed by atoms with van der Waals surface area (Å²) >= 11 is 0. The first kappa shape index (κ1) is 18.5. The maximum atomic E-state index is 12.1. The van der Waals surface area contributed by atoms with E-state index in [1.807, 2.05) is 37.8 Å². The Hall–Kier alpha value is -2.24. The van der Waals surface area contributed by atoms with Crippen molar-refractivity contribution in [3.8, 4) is 0 Å². The Morgan fingerprint density at radius 3 is 2.12 bits per heavy atom. The molecule has 0 aliphatic carbocycles. The van der Waals surface area contributed by atoms with Crippen LogP contribution in [-0.2, 0) is 9.47 Å². The van der Waals surface area contributed by atoms with Crippen molar-refractivity contribution in [2.45, 2.75) is 39.2 Å². The number of hydrogen-bond donors (Lipinski definition) is 0. The summed E-state index contributed by atoms with van der Waals surface area (Å²) in [6, 6.07) is 7.55. The first-order chi connectivity index (χ1) is 12.2. The summed E-state index contributed by atoms with van der Waals surface area (Å²) in [5.41, 5.74) is 1.48. The van der Waals surface area contributed by atoms with Crippen LogP contribution >= 0.6 is 0 Å². The van der Waals surface area contributed by atoms with Gasteiger partial charge in [-0.3, -0.25) is 0 Å². The van der Waals surface area contributed by atoms with Gasteiger partial charge in [-0.25, -0.2) is 9.59 Å². The monoisotopic (exact) mass is 360 g/mol. The molecule has 1 spiro atoms. The van der Waals surface area contributed by atoms with Crippen LogP contribution in [0.5, 0.6) is 0 Å². The fourth-order valence-electron chi connectivity index (χ4n) is 3.70. The van der Waals surface area contributed by atoms with E-state index < -0.39 is 5.60 Å². The second-order valence-electron chi connectivity index (χ2n) is 8.36. The van der Waals surface area contributed by atoms with Gasteiger partial charge in [-0.2, -0.15) is 0 Å². The predicted molar refractivity (Wildman–Crippen MR) is 99.5 cm³/mol. The van der Waals surface area contributed by atoms with Crippen LogP contribution in [0.25, 0.3) is 0 Å². The highest BCUT2D eigenvalue weighted by atomic mass is 16.6. The summed E-state index contributed by atoms with van der Waals surface area (Å²) in [5.74, 6) is -0.314. The van der Waals surface area contributed by atoms with E-state index >= 15 is 0 Å². The molecule has 0 atom stereocenters. The van der Waals surface area contributed by atoms with Crippen molar-refractivity contribution in [2.75, 3.05) is 38.2 Å². The van der Waals surface area contributed by atoms with Gasteiger partial charge in [0.15, 0.2) is 0 Å². The van der Waals surface area contributed by atoms with Crippen LogP contribution in [-0.4, -0.2) is 55.9 Å². The largest absolute Gasteiger partial charge is 0.465 e. The minimum atomic E-state index is -0.445. The van der Waals surface area contributed by atoms with Gasteiger partial charge in [0.25, 0.3) is 0 Å². The first-order valence-electron chi connectivity index (χ1n) is 9.13. The van der Waals surface area contributed by atoms with Gasteiger partial charge in [-0.15, -0.1) is 0 Å². The maximum Gasteiger partial charge on any atom is 0.410 e. The van der Waals surface area contributed by atoms with Crippen LogP contribution in [0.15, 0.2) is 24.3 Å². The minimum Gasteiger partial charge on any atom is -0.465 e. The molecule has 2 saturated heterocycles. The zero-order valence-electron chi connectivity index (χ0n) is 16.1. The van der Waals surface area contributed by atoms with Crippen molar-refractivity contribution in [3.63, 3.8) is 0 Å². The predicted octanol–water partition coefficient (Wildman–Crippen LogP) is 3.31. The lowest BCUT2D eigenvalue weighted by Gasteiger charge is -2.54. The van der Waals surface area contributed by atoms with Crippen molar-refractivity contribution in [1.82, 2.24) is 4.90 Å². The SMILES string of the molecule is COC(=O)c1ccc(N2CCC3(CC2)CN(C(=O)OC(C)(C)C)C3)cc1. The number of piperidine rings is 1. The summed E-state index contributed by atoms with van der Waals surface area (Å²) < 4.78 is 10.2. The number of hydrogen-bond acceptors (Lipinski definition) is 5. The number of rotatable bonds is 2. The summed E-state index contributed by atoms with van der Waals surface area (Å²) in [5, 5.41) is 0. The van der Waals surface area contributed by atoms with Gasteiger partial charge in [0.05, 0.1) is 12.7 Å². The molecular weight excluding hydrogens is 332 g/mol. The van der Waals surface area contributed by atoms with Crippen LogP contribution in [0.3, 0.4) is 0 Å². The molecule has 0 aromatic heterocycles. The molecule has 142 valence electrons. The number of carbonyl (C=O) groups excluding carboxylic acids is 2. The Kier molecular flexibility index (Phi) is 4.86. The molecule has 6 nitrogen and oxygen atoms in total. The normalized spacial score (nSPS) is 19.1. The van der Waals surface area contributed by atoms with Crippen LogP contribution < -0.4 is 4.90 Å². The second kappa shape index (κ2) is 6.82. The first-order valence-corrected chi connectivity index (χ1v) is 9.13. The summed E-state index contributed by atoms with van der Waals surface area (Å²) in [6.45, 7) is 9.17. The van der Waals surface area contributed by atoms with Gasteiger partial charge >= 0.3 is 12.1 Å². The van der Waals surface area contributed by atoms with Crippen LogP contribution in [0, 0.1) is 5.41 Å². The molecule has 6 heteroatoms. The van der Waals surface area contributed by atoms with E-state index in [1.54, 1.807) is 12.1 Å². The molecule has 3 rings (SSSR count). The van der Waals surface area contributed by atoms with Crippen molar-refractivity contribution >= 4 is 17.7 Å². The number of amides is 1. The van der Waals surface area contributed by atoms with Gasteiger partial charge in [-0.05, 0) is 57.9 Å². The molecule has 0 unspecified atom stereocenters. The fraction of sp³-hybridized carbons (Fsp3) is 0.600. The number of anilines is 1. The molecule has 1 aromatic rings. The van der Waals surface area contributed by atoms with Crippen LogP contribution in [0.2, 0.25) is 0 Å². The van der Waals surface area contributed by atoms with E-state index in [0.717, 1.165) is 44.7 Å². The topological polar surface area (TPSA) is 59.1 Å². The average molecular weight is 360 g/mol. The van der Waals surface area contributed by atoms with E-state index in [4.69, 9.17) is 9.47 Å². The van der Waals surface area contributed by atoms with Gasteiger partial charge in [0, 0.05) is 37.3 Å². The summed E-state index contributed by atoms with van der Waals surface area (Å²) in [7, 11) is 1.39. The third kappa shape index (κ3) is 3.94. The van der Waals surface area contributed by atoms with E-state index in [0.29, 0.717) is 5.56 Å². The Balaban J connectivity index is 1.51. The maximum absolute atomic E-state index is 12.1. The Morgan fingerprint density at radius 2 is 1.62 bits per heavy atom. The average Bonchev–Trinajstić information content (AvgIpc) is 2.57. The Bertz CT molecular complexity index is 662. The van der Waals surface area contributed by atoms with E-state index in [-0.39, 0.29) is 17.5 Å². The Labute approximate surface area is 155 Å². The molecule has 2 heterocycles. The number of ether oxygens (including phenoxy) is 2. The highest BCUT2D eigenvalue weighted by Crippen LogP contribution is 2.41. The molecule has 26 heavy (non-hydrogen) atoms. The molecule has 1 aromatic carbocycles. The third-order valence-electron chi connectivity index (χ3n) is 5.18. The molecule has 2 aliphatic rings. The summed E-state index contributed by atoms with van der Waals surface area (Å²) in [4.78, 5) is 27.8. The lowest BCUT2D eigenvalue weighted by molar-refractivity contribution is -0.0434. The molecule has 0 radical (unpaired) electrons. The minimum absolute atomic E-state index is 0.205. The Morgan fingerprint density at radius 1 is 1.04 bits per heavy atom.